The molecule has 0 aromatic rings. The average Bonchev–Trinajstić information content (AvgIpc) is 3.29. The van der Waals surface area contributed by atoms with Crippen molar-refractivity contribution in [2.45, 2.75) is 46.1 Å². The summed E-state index contributed by atoms with van der Waals surface area (Å²) in [4.78, 5) is 25.6. The molecule has 0 radical (unpaired) electrons. The standard InChI is InChI=1S/C22H28O6/c1-22(2,3)14-10-17-19(21(24)27-6)18(20(23)26-5)13-9-7-8-12(13)15(25-4)11-16(14)28-17/h10-11,13,17H,7-9H2,1-6H3/b15-12+,16-11-,19-18-/t13-,17-/m0/s1. The summed E-state index contributed by atoms with van der Waals surface area (Å²) in [5, 5.41) is 0. The van der Waals surface area contributed by atoms with Crippen LogP contribution in [0.2, 0.25) is 0 Å². The van der Waals surface area contributed by atoms with Crippen LogP contribution >= 0.6 is 0 Å². The first-order valence-corrected chi connectivity index (χ1v) is 9.51. The van der Waals surface area contributed by atoms with Gasteiger partial charge in [-0.3, -0.25) is 0 Å². The van der Waals surface area contributed by atoms with Crippen LogP contribution in [0.1, 0.15) is 40.0 Å². The van der Waals surface area contributed by atoms with E-state index in [1.54, 1.807) is 7.11 Å². The quantitative estimate of drug-likeness (QED) is 0.688. The van der Waals surface area contributed by atoms with Gasteiger partial charge in [0, 0.05) is 12.0 Å². The van der Waals surface area contributed by atoms with E-state index in [0.29, 0.717) is 17.1 Å². The van der Waals surface area contributed by atoms with E-state index < -0.39 is 18.0 Å². The molecule has 0 aromatic heterocycles. The number of carbonyl (C=O) groups is 2. The normalized spacial score (nSPS) is 31.4. The zero-order valence-corrected chi connectivity index (χ0v) is 17.4. The summed E-state index contributed by atoms with van der Waals surface area (Å²) in [5.41, 5.74) is 2.24. The van der Waals surface area contributed by atoms with Crippen LogP contribution in [0.25, 0.3) is 0 Å². The Hall–Kier alpha value is -2.50. The second-order valence-electron chi connectivity index (χ2n) is 8.23. The van der Waals surface area contributed by atoms with Gasteiger partial charge in [-0.25, -0.2) is 9.59 Å². The summed E-state index contributed by atoms with van der Waals surface area (Å²) in [6.45, 7) is 6.22. The van der Waals surface area contributed by atoms with Crippen LogP contribution in [-0.2, 0) is 28.5 Å². The number of esters is 2. The van der Waals surface area contributed by atoms with E-state index in [4.69, 9.17) is 18.9 Å². The van der Waals surface area contributed by atoms with Crippen molar-refractivity contribution in [3.63, 3.8) is 0 Å². The molecule has 2 aliphatic heterocycles. The molecule has 0 unspecified atom stereocenters. The Morgan fingerprint density at radius 1 is 1.07 bits per heavy atom. The zero-order chi connectivity index (χ0) is 20.6. The van der Waals surface area contributed by atoms with Gasteiger partial charge in [-0.15, -0.1) is 0 Å². The largest absolute Gasteiger partial charge is 0.497 e. The molecule has 2 bridgehead atoms. The highest BCUT2D eigenvalue weighted by molar-refractivity contribution is 6.02. The number of fused-ring (bicyclic) bond motifs is 3. The lowest BCUT2D eigenvalue weighted by atomic mass is 9.82. The van der Waals surface area contributed by atoms with E-state index in [9.17, 15) is 9.59 Å². The minimum atomic E-state index is -0.708. The summed E-state index contributed by atoms with van der Waals surface area (Å²) >= 11 is 0. The summed E-state index contributed by atoms with van der Waals surface area (Å²) in [6.07, 6.45) is 5.49. The minimum absolute atomic E-state index is 0.209. The van der Waals surface area contributed by atoms with Gasteiger partial charge in [0.2, 0.25) is 0 Å². The van der Waals surface area contributed by atoms with Crippen molar-refractivity contribution < 1.29 is 28.5 Å². The van der Waals surface area contributed by atoms with Crippen molar-refractivity contribution >= 4 is 11.9 Å². The average molecular weight is 388 g/mol. The maximum Gasteiger partial charge on any atom is 0.338 e. The first-order valence-electron chi connectivity index (χ1n) is 9.51. The SMILES string of the molecule is COC(=O)/C1=C(\C(=O)OC)[C@H]2CCC/C2=C(OC)/C=C2\O[C@H]1C=C2C(C)(C)C. The second-order valence-corrected chi connectivity index (χ2v) is 8.23. The van der Waals surface area contributed by atoms with Gasteiger partial charge >= 0.3 is 11.9 Å². The third-order valence-corrected chi connectivity index (χ3v) is 5.54. The molecule has 0 aromatic carbocycles. The monoisotopic (exact) mass is 388 g/mol. The minimum Gasteiger partial charge on any atom is -0.497 e. The smallest absolute Gasteiger partial charge is 0.338 e. The van der Waals surface area contributed by atoms with Crippen LogP contribution in [0, 0.1) is 11.3 Å². The molecule has 3 aliphatic rings. The number of allylic oxidation sites excluding steroid dienone is 3. The van der Waals surface area contributed by atoms with Crippen molar-refractivity contribution in [1.82, 2.24) is 0 Å². The topological polar surface area (TPSA) is 71.1 Å². The van der Waals surface area contributed by atoms with Crippen molar-refractivity contribution in [3.8, 4) is 0 Å². The van der Waals surface area contributed by atoms with Crippen LogP contribution in [0.4, 0.5) is 0 Å². The van der Waals surface area contributed by atoms with Gasteiger partial charge in [-0.05, 0) is 41.9 Å². The highest BCUT2D eigenvalue weighted by Crippen LogP contribution is 2.46. The lowest BCUT2D eigenvalue weighted by Crippen LogP contribution is -2.27. The second kappa shape index (κ2) is 7.49. The van der Waals surface area contributed by atoms with Crippen LogP contribution in [0.5, 0.6) is 0 Å². The van der Waals surface area contributed by atoms with Gasteiger partial charge in [0.25, 0.3) is 0 Å². The van der Waals surface area contributed by atoms with Gasteiger partial charge in [-0.1, -0.05) is 20.8 Å². The number of carbonyl (C=O) groups excluding carboxylic acids is 2. The van der Waals surface area contributed by atoms with Crippen molar-refractivity contribution in [1.29, 1.82) is 0 Å². The van der Waals surface area contributed by atoms with Crippen molar-refractivity contribution in [2.75, 3.05) is 21.3 Å². The Balaban J connectivity index is 2.36. The molecule has 3 rings (SSSR count). The lowest BCUT2D eigenvalue weighted by molar-refractivity contribution is -0.140. The third kappa shape index (κ3) is 3.36. The Kier molecular flexibility index (Phi) is 5.41. The molecule has 2 atom stereocenters. The summed E-state index contributed by atoms with van der Waals surface area (Å²) in [5.74, 6) is -0.0446. The molecule has 1 saturated carbocycles. The Morgan fingerprint density at radius 3 is 2.29 bits per heavy atom. The van der Waals surface area contributed by atoms with Crippen molar-refractivity contribution in [3.05, 3.63) is 46.0 Å². The summed E-state index contributed by atoms with van der Waals surface area (Å²) in [6, 6.07) is 0. The van der Waals surface area contributed by atoms with Gasteiger partial charge < -0.3 is 18.9 Å². The van der Waals surface area contributed by atoms with E-state index in [0.717, 1.165) is 30.4 Å². The number of methoxy groups -OCH3 is 3. The first kappa shape index (κ1) is 20.2. The molecule has 1 fully saturated rings. The molecular formula is C22H28O6. The number of hydrogen-bond acceptors (Lipinski definition) is 6. The molecule has 1 aliphatic carbocycles. The molecule has 2 heterocycles. The fourth-order valence-electron chi connectivity index (χ4n) is 4.24. The predicted molar refractivity (Wildman–Crippen MR) is 103 cm³/mol. The van der Waals surface area contributed by atoms with E-state index in [1.807, 2.05) is 12.2 Å². The van der Waals surface area contributed by atoms with Crippen molar-refractivity contribution in [2.24, 2.45) is 11.3 Å². The molecular weight excluding hydrogens is 360 g/mol. The fraction of sp³-hybridized carbons (Fsp3) is 0.545. The molecule has 28 heavy (non-hydrogen) atoms. The molecule has 0 amide bonds. The van der Waals surface area contributed by atoms with Gasteiger partial charge in [0.1, 0.15) is 11.5 Å². The van der Waals surface area contributed by atoms with E-state index in [2.05, 4.69) is 20.8 Å². The van der Waals surface area contributed by atoms with E-state index in [-0.39, 0.29) is 16.9 Å². The molecule has 0 N–H and O–H groups in total. The number of ether oxygens (including phenoxy) is 4. The zero-order valence-electron chi connectivity index (χ0n) is 17.4. The Labute approximate surface area is 165 Å². The fourth-order valence-corrected chi connectivity index (χ4v) is 4.24. The molecule has 0 spiro atoms. The Morgan fingerprint density at radius 2 is 1.71 bits per heavy atom. The molecule has 6 heteroatoms. The molecule has 6 nitrogen and oxygen atoms in total. The third-order valence-electron chi connectivity index (χ3n) is 5.54. The van der Waals surface area contributed by atoms with Crippen LogP contribution in [-0.4, -0.2) is 39.4 Å². The van der Waals surface area contributed by atoms with E-state index in [1.165, 1.54) is 14.2 Å². The lowest BCUT2D eigenvalue weighted by Gasteiger charge is -2.22. The van der Waals surface area contributed by atoms with Crippen LogP contribution in [0.15, 0.2) is 46.0 Å². The Bertz CT molecular complexity index is 818. The van der Waals surface area contributed by atoms with Gasteiger partial charge in [-0.2, -0.15) is 0 Å². The van der Waals surface area contributed by atoms with Gasteiger partial charge in [0.05, 0.1) is 32.5 Å². The molecule has 0 saturated heterocycles. The predicted octanol–water partition coefficient (Wildman–Crippen LogP) is 3.60. The molecule has 152 valence electrons. The maximum atomic E-state index is 12.8. The van der Waals surface area contributed by atoms with Gasteiger partial charge in [0.15, 0.2) is 6.10 Å². The summed E-state index contributed by atoms with van der Waals surface area (Å²) in [7, 11) is 4.24. The summed E-state index contributed by atoms with van der Waals surface area (Å²) < 4.78 is 22.0. The van der Waals surface area contributed by atoms with Crippen LogP contribution in [0.3, 0.4) is 0 Å². The maximum absolute atomic E-state index is 12.8. The highest BCUT2D eigenvalue weighted by atomic mass is 16.5. The first-order chi connectivity index (χ1) is 13.2. The highest BCUT2D eigenvalue weighted by Gasteiger charge is 2.43. The van der Waals surface area contributed by atoms with Crippen LogP contribution < -0.4 is 0 Å². The van der Waals surface area contributed by atoms with E-state index >= 15 is 0 Å². The number of rotatable bonds is 3. The number of hydrogen-bond donors (Lipinski definition) is 0.